The maximum atomic E-state index is 13.3. The van der Waals surface area contributed by atoms with E-state index in [0.29, 0.717) is 29.6 Å². The molecule has 4 rings (SSSR count). The Kier molecular flexibility index (Phi) is 6.25. The molecular formula is C23H27ClFN3O3. The third kappa shape index (κ3) is 4.57. The van der Waals surface area contributed by atoms with Gasteiger partial charge in [-0.1, -0.05) is 23.7 Å². The van der Waals surface area contributed by atoms with Crippen molar-refractivity contribution in [3.63, 3.8) is 0 Å². The summed E-state index contributed by atoms with van der Waals surface area (Å²) < 4.78 is 24.5. The summed E-state index contributed by atoms with van der Waals surface area (Å²) in [6.45, 7) is 5.39. The minimum atomic E-state index is -0.588. The zero-order valence-corrected chi connectivity index (χ0v) is 18.7. The molecule has 0 saturated carbocycles. The summed E-state index contributed by atoms with van der Waals surface area (Å²) >= 11 is 6.24. The van der Waals surface area contributed by atoms with Gasteiger partial charge in [0.2, 0.25) is 0 Å². The van der Waals surface area contributed by atoms with Crippen molar-refractivity contribution >= 4 is 23.2 Å². The number of halogens is 2. The standard InChI is InChI=1S/C23H27ClFN3O3/c1-15-12-27(13-16-4-6-17(25)7-5-16)8-9-28(15)23(29)22-14-26(2)19-10-18(24)20(30-3)11-21(19)31-22/h4-7,10-11,15,22H,8-9,12-14H2,1-3H3/t15-,22?/m1/s1. The fourth-order valence-electron chi connectivity index (χ4n) is 4.28. The van der Waals surface area contributed by atoms with Crippen molar-refractivity contribution in [3.05, 3.63) is 52.8 Å². The minimum absolute atomic E-state index is 0.0136. The summed E-state index contributed by atoms with van der Waals surface area (Å²) in [4.78, 5) is 19.5. The Hall–Kier alpha value is -2.51. The Bertz CT molecular complexity index is 956. The van der Waals surface area contributed by atoms with Crippen LogP contribution in [0.5, 0.6) is 11.5 Å². The molecule has 166 valence electrons. The third-order valence-electron chi connectivity index (χ3n) is 5.94. The number of nitrogens with zero attached hydrogens (tertiary/aromatic N) is 3. The predicted molar refractivity (Wildman–Crippen MR) is 119 cm³/mol. The van der Waals surface area contributed by atoms with E-state index in [-0.39, 0.29) is 17.8 Å². The van der Waals surface area contributed by atoms with Crippen LogP contribution in [-0.2, 0) is 11.3 Å². The van der Waals surface area contributed by atoms with Crippen LogP contribution < -0.4 is 14.4 Å². The fraction of sp³-hybridized carbons (Fsp3) is 0.435. The van der Waals surface area contributed by atoms with Gasteiger partial charge < -0.3 is 19.3 Å². The first-order chi connectivity index (χ1) is 14.9. The lowest BCUT2D eigenvalue weighted by Crippen LogP contribution is -2.58. The average Bonchev–Trinajstić information content (AvgIpc) is 2.75. The van der Waals surface area contributed by atoms with Crippen LogP contribution in [0.3, 0.4) is 0 Å². The smallest absolute Gasteiger partial charge is 0.265 e. The van der Waals surface area contributed by atoms with Gasteiger partial charge in [-0.3, -0.25) is 9.69 Å². The maximum Gasteiger partial charge on any atom is 0.265 e. The second-order valence-electron chi connectivity index (χ2n) is 8.18. The second-order valence-corrected chi connectivity index (χ2v) is 8.59. The van der Waals surface area contributed by atoms with Crippen LogP contribution in [0.2, 0.25) is 5.02 Å². The lowest BCUT2D eigenvalue weighted by Gasteiger charge is -2.42. The van der Waals surface area contributed by atoms with Crippen molar-refractivity contribution in [2.45, 2.75) is 25.6 Å². The van der Waals surface area contributed by atoms with Gasteiger partial charge in [-0.15, -0.1) is 0 Å². The molecule has 2 heterocycles. The van der Waals surface area contributed by atoms with Gasteiger partial charge in [0.25, 0.3) is 5.91 Å². The van der Waals surface area contributed by atoms with E-state index in [1.807, 2.05) is 16.8 Å². The van der Waals surface area contributed by atoms with E-state index in [9.17, 15) is 9.18 Å². The van der Waals surface area contributed by atoms with Gasteiger partial charge >= 0.3 is 0 Å². The van der Waals surface area contributed by atoms with E-state index in [4.69, 9.17) is 21.1 Å². The van der Waals surface area contributed by atoms with Gasteiger partial charge in [-0.25, -0.2) is 4.39 Å². The van der Waals surface area contributed by atoms with Crippen molar-refractivity contribution in [2.75, 3.05) is 45.2 Å². The highest BCUT2D eigenvalue weighted by Gasteiger charge is 2.36. The third-order valence-corrected chi connectivity index (χ3v) is 6.24. The van der Waals surface area contributed by atoms with Gasteiger partial charge in [0.15, 0.2) is 6.10 Å². The highest BCUT2D eigenvalue weighted by Crippen LogP contribution is 2.40. The summed E-state index contributed by atoms with van der Waals surface area (Å²) in [5, 5.41) is 0.507. The quantitative estimate of drug-likeness (QED) is 0.718. The molecule has 2 aromatic carbocycles. The number of hydrogen-bond donors (Lipinski definition) is 0. The van der Waals surface area contributed by atoms with Crippen molar-refractivity contribution < 1.29 is 18.7 Å². The molecule has 31 heavy (non-hydrogen) atoms. The zero-order chi connectivity index (χ0) is 22.1. The van der Waals surface area contributed by atoms with E-state index in [2.05, 4.69) is 11.8 Å². The maximum absolute atomic E-state index is 13.3. The first-order valence-corrected chi connectivity index (χ1v) is 10.8. The summed E-state index contributed by atoms with van der Waals surface area (Å²) in [7, 11) is 3.48. The molecule has 0 aliphatic carbocycles. The number of piperazine rings is 1. The molecule has 0 spiro atoms. The summed E-state index contributed by atoms with van der Waals surface area (Å²) in [6, 6.07) is 10.2. The molecule has 6 nitrogen and oxygen atoms in total. The Morgan fingerprint density at radius 2 is 1.97 bits per heavy atom. The van der Waals surface area contributed by atoms with Crippen LogP contribution in [0.15, 0.2) is 36.4 Å². The number of carbonyl (C=O) groups is 1. The molecular weight excluding hydrogens is 421 g/mol. The molecule has 0 aromatic heterocycles. The SMILES string of the molecule is COc1cc2c(cc1Cl)N(C)CC(C(=O)N1CCN(Cc3ccc(F)cc3)C[C@H]1C)O2. The highest BCUT2D eigenvalue weighted by molar-refractivity contribution is 6.32. The predicted octanol–water partition coefficient (Wildman–Crippen LogP) is 3.42. The normalized spacial score (nSPS) is 21.5. The van der Waals surface area contributed by atoms with E-state index < -0.39 is 6.10 Å². The molecule has 1 fully saturated rings. The van der Waals surface area contributed by atoms with Crippen LogP contribution in [0.25, 0.3) is 0 Å². The molecule has 2 aliphatic rings. The second kappa shape index (κ2) is 8.93. The number of carbonyl (C=O) groups excluding carboxylic acids is 1. The van der Waals surface area contributed by atoms with Crippen molar-refractivity contribution in [1.29, 1.82) is 0 Å². The summed E-state index contributed by atoms with van der Waals surface area (Å²) in [5.41, 5.74) is 1.90. The molecule has 0 bridgehead atoms. The molecule has 1 unspecified atom stereocenters. The van der Waals surface area contributed by atoms with Gasteiger partial charge in [-0.05, 0) is 30.7 Å². The van der Waals surface area contributed by atoms with E-state index >= 15 is 0 Å². The monoisotopic (exact) mass is 447 g/mol. The molecule has 2 aromatic rings. The van der Waals surface area contributed by atoms with E-state index in [1.165, 1.54) is 12.1 Å². The van der Waals surface area contributed by atoms with Crippen LogP contribution in [-0.4, -0.2) is 68.2 Å². The van der Waals surface area contributed by atoms with Crippen LogP contribution in [0.1, 0.15) is 12.5 Å². The van der Waals surface area contributed by atoms with Crippen LogP contribution >= 0.6 is 11.6 Å². The van der Waals surface area contributed by atoms with Crippen molar-refractivity contribution in [2.24, 2.45) is 0 Å². The van der Waals surface area contributed by atoms with E-state index in [0.717, 1.165) is 30.9 Å². The Morgan fingerprint density at radius 3 is 2.65 bits per heavy atom. The van der Waals surface area contributed by atoms with Gasteiger partial charge in [0, 0.05) is 45.3 Å². The molecule has 1 saturated heterocycles. The lowest BCUT2D eigenvalue weighted by atomic mass is 10.1. The molecule has 2 aliphatic heterocycles. The van der Waals surface area contributed by atoms with Gasteiger partial charge in [0.05, 0.1) is 24.4 Å². The molecule has 2 atom stereocenters. The first-order valence-electron chi connectivity index (χ1n) is 10.4. The van der Waals surface area contributed by atoms with Crippen molar-refractivity contribution in [1.82, 2.24) is 9.80 Å². The number of rotatable bonds is 4. The topological polar surface area (TPSA) is 45.2 Å². The number of benzene rings is 2. The number of hydrogen-bond acceptors (Lipinski definition) is 5. The number of fused-ring (bicyclic) bond motifs is 1. The van der Waals surface area contributed by atoms with Crippen molar-refractivity contribution in [3.8, 4) is 11.5 Å². The van der Waals surface area contributed by atoms with Gasteiger partial charge in [-0.2, -0.15) is 0 Å². The molecule has 0 N–H and O–H groups in total. The lowest BCUT2D eigenvalue weighted by molar-refractivity contribution is -0.143. The first kappa shape index (κ1) is 21.7. The number of amides is 1. The molecule has 8 heteroatoms. The number of ether oxygens (including phenoxy) is 2. The minimum Gasteiger partial charge on any atom is -0.495 e. The molecule has 1 amide bonds. The molecule has 0 radical (unpaired) electrons. The zero-order valence-electron chi connectivity index (χ0n) is 18.0. The summed E-state index contributed by atoms with van der Waals surface area (Å²) in [6.07, 6.45) is -0.588. The van der Waals surface area contributed by atoms with Crippen LogP contribution in [0, 0.1) is 5.82 Å². The summed E-state index contributed by atoms with van der Waals surface area (Å²) in [5.74, 6) is 0.868. The number of likely N-dealkylation sites (N-methyl/N-ethyl adjacent to an activating group) is 1. The Balaban J connectivity index is 1.41. The Labute approximate surface area is 187 Å². The Morgan fingerprint density at radius 1 is 1.23 bits per heavy atom. The van der Waals surface area contributed by atoms with Gasteiger partial charge in [0.1, 0.15) is 17.3 Å². The highest BCUT2D eigenvalue weighted by atomic mass is 35.5. The van der Waals surface area contributed by atoms with E-state index in [1.54, 1.807) is 31.4 Å². The number of anilines is 1. The van der Waals surface area contributed by atoms with Crippen LogP contribution in [0.4, 0.5) is 10.1 Å². The largest absolute Gasteiger partial charge is 0.495 e. The number of methoxy groups -OCH3 is 1. The fourth-order valence-corrected chi connectivity index (χ4v) is 4.51. The average molecular weight is 448 g/mol.